The summed E-state index contributed by atoms with van der Waals surface area (Å²) in [7, 11) is 0. The lowest BCUT2D eigenvalue weighted by Crippen LogP contribution is -2.21. The minimum Gasteiger partial charge on any atom is -0.329 e. The largest absolute Gasteiger partial charge is 0.329 e. The molecule has 0 aliphatic carbocycles. The number of aromatic nitrogens is 1. The Bertz CT molecular complexity index is 235. The molecule has 0 radical (unpaired) electrons. The summed E-state index contributed by atoms with van der Waals surface area (Å²) in [5.74, 6) is 0. The molecule has 3 N–H and O–H groups in total. The number of nitrogens with one attached hydrogen (secondary N) is 1. The molecule has 0 fully saturated rings. The highest BCUT2D eigenvalue weighted by Gasteiger charge is 1.93. The first kappa shape index (κ1) is 10.5. The van der Waals surface area contributed by atoms with Crippen LogP contribution < -0.4 is 11.1 Å². The molecule has 1 rings (SSSR count). The Morgan fingerprint density at radius 1 is 1.54 bits per heavy atom. The first-order valence-corrected chi connectivity index (χ1v) is 5.49. The third kappa shape index (κ3) is 3.76. The van der Waals surface area contributed by atoms with E-state index in [1.165, 1.54) is 5.56 Å². The molecular weight excluding hydrogens is 182 g/mol. The van der Waals surface area contributed by atoms with Crippen LogP contribution in [0.1, 0.15) is 5.56 Å². The molecule has 0 saturated heterocycles. The molecule has 72 valence electrons. The van der Waals surface area contributed by atoms with Crippen LogP contribution in [0.15, 0.2) is 23.4 Å². The van der Waals surface area contributed by atoms with E-state index in [1.54, 1.807) is 11.8 Å². The van der Waals surface area contributed by atoms with Gasteiger partial charge in [-0.25, -0.2) is 4.98 Å². The molecule has 0 aliphatic heterocycles. The lowest BCUT2D eigenvalue weighted by molar-refractivity contribution is 0.692. The monoisotopic (exact) mass is 197 g/mol. The van der Waals surface area contributed by atoms with Crippen molar-refractivity contribution in [3.05, 3.63) is 23.9 Å². The van der Waals surface area contributed by atoms with Crippen LogP contribution in [-0.4, -0.2) is 24.3 Å². The van der Waals surface area contributed by atoms with Crippen molar-refractivity contribution in [2.75, 3.05) is 19.3 Å². The molecule has 0 spiro atoms. The Morgan fingerprint density at radius 2 is 2.38 bits per heavy atom. The molecule has 0 aliphatic rings. The van der Waals surface area contributed by atoms with Crippen LogP contribution in [0.5, 0.6) is 0 Å². The van der Waals surface area contributed by atoms with E-state index in [2.05, 4.69) is 16.4 Å². The molecule has 3 nitrogen and oxygen atoms in total. The average molecular weight is 197 g/mol. The zero-order chi connectivity index (χ0) is 9.52. The summed E-state index contributed by atoms with van der Waals surface area (Å²) in [4.78, 5) is 4.27. The molecule has 1 aromatic rings. The fourth-order valence-corrected chi connectivity index (χ4v) is 1.33. The summed E-state index contributed by atoms with van der Waals surface area (Å²) in [5.41, 5.74) is 6.56. The SMILES string of the molecule is CSc1ccc(CNCCN)cn1. The molecule has 0 amide bonds. The molecule has 4 heteroatoms. The molecular formula is C9H15N3S. The Morgan fingerprint density at radius 3 is 2.92 bits per heavy atom. The topological polar surface area (TPSA) is 50.9 Å². The van der Waals surface area contributed by atoms with Crippen molar-refractivity contribution in [2.24, 2.45) is 5.73 Å². The van der Waals surface area contributed by atoms with Crippen molar-refractivity contribution in [3.8, 4) is 0 Å². The van der Waals surface area contributed by atoms with Gasteiger partial charge in [-0.2, -0.15) is 0 Å². The molecule has 0 unspecified atom stereocenters. The van der Waals surface area contributed by atoms with Crippen LogP contribution in [0.3, 0.4) is 0 Å². The van der Waals surface area contributed by atoms with Gasteiger partial charge in [-0.1, -0.05) is 6.07 Å². The number of rotatable bonds is 5. The second-order valence-corrected chi connectivity index (χ2v) is 3.50. The smallest absolute Gasteiger partial charge is 0.0957 e. The first-order chi connectivity index (χ1) is 6.36. The van der Waals surface area contributed by atoms with Crippen molar-refractivity contribution in [3.63, 3.8) is 0 Å². The quantitative estimate of drug-likeness (QED) is 0.543. The van der Waals surface area contributed by atoms with Crippen LogP contribution in [0.2, 0.25) is 0 Å². The zero-order valence-electron chi connectivity index (χ0n) is 7.79. The molecule has 13 heavy (non-hydrogen) atoms. The van der Waals surface area contributed by atoms with Crippen molar-refractivity contribution >= 4 is 11.8 Å². The van der Waals surface area contributed by atoms with E-state index in [-0.39, 0.29) is 0 Å². The first-order valence-electron chi connectivity index (χ1n) is 4.26. The summed E-state index contributed by atoms with van der Waals surface area (Å²) in [6.07, 6.45) is 3.92. The summed E-state index contributed by atoms with van der Waals surface area (Å²) in [5, 5.41) is 4.27. The maximum absolute atomic E-state index is 5.36. The van der Waals surface area contributed by atoms with Gasteiger partial charge in [-0.15, -0.1) is 11.8 Å². The van der Waals surface area contributed by atoms with Crippen LogP contribution >= 0.6 is 11.8 Å². The van der Waals surface area contributed by atoms with Gasteiger partial charge in [0.1, 0.15) is 0 Å². The number of nitrogens with two attached hydrogens (primary N) is 1. The number of thioether (sulfide) groups is 1. The molecule has 1 heterocycles. The van der Waals surface area contributed by atoms with Gasteiger partial charge in [0, 0.05) is 25.8 Å². The second-order valence-electron chi connectivity index (χ2n) is 2.67. The Hall–Kier alpha value is -0.580. The van der Waals surface area contributed by atoms with Crippen LogP contribution in [0.25, 0.3) is 0 Å². The van der Waals surface area contributed by atoms with E-state index in [9.17, 15) is 0 Å². The summed E-state index contributed by atoms with van der Waals surface area (Å²) in [6.45, 7) is 2.37. The van der Waals surface area contributed by atoms with Crippen LogP contribution in [0, 0.1) is 0 Å². The van der Waals surface area contributed by atoms with Crippen molar-refractivity contribution in [1.29, 1.82) is 0 Å². The van der Waals surface area contributed by atoms with Gasteiger partial charge in [0.2, 0.25) is 0 Å². The van der Waals surface area contributed by atoms with Gasteiger partial charge in [-0.05, 0) is 17.9 Å². The van der Waals surface area contributed by atoms with E-state index >= 15 is 0 Å². The molecule has 0 aromatic carbocycles. The molecule has 0 bridgehead atoms. The number of pyridine rings is 1. The van der Waals surface area contributed by atoms with Gasteiger partial charge in [0.05, 0.1) is 5.03 Å². The Balaban J connectivity index is 2.40. The third-order valence-corrected chi connectivity index (χ3v) is 2.32. The average Bonchev–Trinajstić information content (AvgIpc) is 2.19. The van der Waals surface area contributed by atoms with E-state index < -0.39 is 0 Å². The zero-order valence-corrected chi connectivity index (χ0v) is 8.60. The maximum atomic E-state index is 5.36. The predicted molar refractivity (Wildman–Crippen MR) is 56.8 cm³/mol. The standard InChI is InChI=1S/C9H15N3S/c1-13-9-3-2-8(7-12-9)6-11-5-4-10/h2-3,7,11H,4-6,10H2,1H3. The Labute approximate surface area is 83.1 Å². The predicted octanol–water partition coefficient (Wildman–Crippen LogP) is 0.852. The van der Waals surface area contributed by atoms with Gasteiger partial charge in [0.15, 0.2) is 0 Å². The fourth-order valence-electron chi connectivity index (χ4n) is 0.971. The van der Waals surface area contributed by atoms with Crippen molar-refractivity contribution in [2.45, 2.75) is 11.6 Å². The number of hydrogen-bond donors (Lipinski definition) is 2. The highest BCUT2D eigenvalue weighted by molar-refractivity contribution is 7.98. The van der Waals surface area contributed by atoms with Crippen LogP contribution in [-0.2, 0) is 6.54 Å². The molecule has 0 atom stereocenters. The van der Waals surface area contributed by atoms with Crippen molar-refractivity contribution in [1.82, 2.24) is 10.3 Å². The number of hydrogen-bond acceptors (Lipinski definition) is 4. The van der Waals surface area contributed by atoms with Crippen LogP contribution in [0.4, 0.5) is 0 Å². The summed E-state index contributed by atoms with van der Waals surface area (Å²) in [6, 6.07) is 4.12. The highest BCUT2D eigenvalue weighted by Crippen LogP contribution is 2.10. The van der Waals surface area contributed by atoms with E-state index in [1.807, 2.05) is 18.5 Å². The van der Waals surface area contributed by atoms with Gasteiger partial charge in [0.25, 0.3) is 0 Å². The lowest BCUT2D eigenvalue weighted by atomic mass is 10.3. The maximum Gasteiger partial charge on any atom is 0.0957 e. The third-order valence-electron chi connectivity index (χ3n) is 1.66. The van der Waals surface area contributed by atoms with Gasteiger partial charge >= 0.3 is 0 Å². The summed E-state index contributed by atoms with van der Waals surface area (Å²) >= 11 is 1.65. The lowest BCUT2D eigenvalue weighted by Gasteiger charge is -2.02. The highest BCUT2D eigenvalue weighted by atomic mass is 32.2. The Kier molecular flexibility index (Phi) is 4.82. The summed E-state index contributed by atoms with van der Waals surface area (Å²) < 4.78 is 0. The van der Waals surface area contributed by atoms with E-state index in [4.69, 9.17) is 5.73 Å². The minimum absolute atomic E-state index is 0.677. The van der Waals surface area contributed by atoms with Gasteiger partial charge < -0.3 is 11.1 Å². The number of nitrogens with zero attached hydrogens (tertiary/aromatic N) is 1. The van der Waals surface area contributed by atoms with Crippen molar-refractivity contribution < 1.29 is 0 Å². The van der Waals surface area contributed by atoms with E-state index in [0.29, 0.717) is 6.54 Å². The minimum atomic E-state index is 0.677. The van der Waals surface area contributed by atoms with E-state index in [0.717, 1.165) is 18.1 Å². The second kappa shape index (κ2) is 5.96. The molecule has 1 aromatic heterocycles. The normalized spacial score (nSPS) is 10.3. The van der Waals surface area contributed by atoms with Gasteiger partial charge in [-0.3, -0.25) is 0 Å². The fraction of sp³-hybridized carbons (Fsp3) is 0.444. The molecule has 0 saturated carbocycles.